The summed E-state index contributed by atoms with van der Waals surface area (Å²) in [6.07, 6.45) is 4.13. The number of ether oxygens (including phenoxy) is 2. The Morgan fingerprint density at radius 3 is 2.42 bits per heavy atom. The van der Waals surface area contributed by atoms with Gasteiger partial charge in [-0.3, -0.25) is 0 Å². The Labute approximate surface area is 143 Å². The zero-order valence-corrected chi connectivity index (χ0v) is 13.7. The van der Waals surface area contributed by atoms with Crippen LogP contribution >= 0.6 is 0 Å². The highest BCUT2D eigenvalue weighted by atomic mass is 16.5. The highest BCUT2D eigenvalue weighted by Crippen LogP contribution is 2.22. The van der Waals surface area contributed by atoms with Crippen molar-refractivity contribution in [1.82, 2.24) is 0 Å². The maximum atomic E-state index is 5.98. The number of benzene rings is 3. The molecule has 0 saturated heterocycles. The van der Waals surface area contributed by atoms with Crippen molar-refractivity contribution >= 4 is 12.2 Å². The zero-order valence-electron chi connectivity index (χ0n) is 13.7. The number of hydrogen-bond acceptors (Lipinski definition) is 2. The van der Waals surface area contributed by atoms with Crippen LogP contribution < -0.4 is 9.47 Å². The second-order valence-corrected chi connectivity index (χ2v) is 5.42. The average Bonchev–Trinajstić information content (AvgIpc) is 2.66. The summed E-state index contributed by atoms with van der Waals surface area (Å²) in [6, 6.07) is 26.2. The van der Waals surface area contributed by atoms with Crippen LogP contribution in [0, 0.1) is 0 Å². The van der Waals surface area contributed by atoms with Crippen LogP contribution in [0.2, 0.25) is 0 Å². The minimum absolute atomic E-state index is 0.560. The molecule has 0 aliphatic heterocycles. The van der Waals surface area contributed by atoms with Crippen molar-refractivity contribution in [2.45, 2.75) is 6.61 Å². The van der Waals surface area contributed by atoms with Crippen molar-refractivity contribution in [1.29, 1.82) is 0 Å². The largest absolute Gasteiger partial charge is 0.497 e. The van der Waals surface area contributed by atoms with Crippen molar-refractivity contribution in [2.24, 2.45) is 0 Å². The van der Waals surface area contributed by atoms with Crippen LogP contribution in [0.5, 0.6) is 11.5 Å². The summed E-state index contributed by atoms with van der Waals surface area (Å²) < 4.78 is 11.2. The topological polar surface area (TPSA) is 18.5 Å². The Kier molecular flexibility index (Phi) is 5.31. The maximum absolute atomic E-state index is 5.98. The van der Waals surface area contributed by atoms with Gasteiger partial charge in [0.25, 0.3) is 0 Å². The molecule has 0 aliphatic carbocycles. The van der Waals surface area contributed by atoms with Crippen molar-refractivity contribution in [3.63, 3.8) is 0 Å². The first kappa shape index (κ1) is 15.9. The fraction of sp³-hybridized carbons (Fsp3) is 0.0909. The summed E-state index contributed by atoms with van der Waals surface area (Å²) in [7, 11) is 1.68. The van der Waals surface area contributed by atoms with E-state index in [0.717, 1.165) is 28.2 Å². The molecule has 0 fully saturated rings. The summed E-state index contributed by atoms with van der Waals surface area (Å²) in [6.45, 7) is 0.560. The molecule has 3 rings (SSSR count). The monoisotopic (exact) mass is 316 g/mol. The Bertz CT molecular complexity index is 807. The molecule has 3 aromatic rings. The third-order valence-electron chi connectivity index (χ3n) is 3.71. The molecular weight excluding hydrogens is 296 g/mol. The van der Waals surface area contributed by atoms with Gasteiger partial charge in [-0.1, -0.05) is 72.8 Å². The summed E-state index contributed by atoms with van der Waals surface area (Å²) in [4.78, 5) is 0. The number of methoxy groups -OCH3 is 1. The first-order chi connectivity index (χ1) is 11.8. The number of para-hydroxylation sites is 1. The van der Waals surface area contributed by atoms with E-state index in [1.807, 2.05) is 60.7 Å². The molecular formula is C22H20O2. The lowest BCUT2D eigenvalue weighted by Gasteiger charge is -2.09. The molecule has 0 N–H and O–H groups in total. The van der Waals surface area contributed by atoms with Gasteiger partial charge in [-0.15, -0.1) is 0 Å². The smallest absolute Gasteiger partial charge is 0.127 e. The fourth-order valence-corrected chi connectivity index (χ4v) is 2.42. The molecule has 0 amide bonds. The molecule has 120 valence electrons. The summed E-state index contributed by atoms with van der Waals surface area (Å²) >= 11 is 0. The average molecular weight is 316 g/mol. The van der Waals surface area contributed by atoms with E-state index in [9.17, 15) is 0 Å². The SMILES string of the molecule is COc1cccc(C=Cc2ccccc2OCc2ccccc2)c1. The fourth-order valence-electron chi connectivity index (χ4n) is 2.42. The molecule has 0 aliphatic rings. The van der Waals surface area contributed by atoms with Gasteiger partial charge in [-0.05, 0) is 29.3 Å². The quantitative estimate of drug-likeness (QED) is 0.563. The van der Waals surface area contributed by atoms with Crippen LogP contribution in [-0.2, 0) is 6.61 Å². The Hall–Kier alpha value is -3.00. The zero-order chi connectivity index (χ0) is 16.6. The minimum atomic E-state index is 0.560. The van der Waals surface area contributed by atoms with Crippen molar-refractivity contribution in [3.8, 4) is 11.5 Å². The normalized spacial score (nSPS) is 10.7. The Balaban J connectivity index is 1.75. The molecule has 0 radical (unpaired) electrons. The van der Waals surface area contributed by atoms with E-state index in [2.05, 4.69) is 30.4 Å². The second-order valence-electron chi connectivity index (χ2n) is 5.42. The molecule has 2 nitrogen and oxygen atoms in total. The predicted octanol–water partition coefficient (Wildman–Crippen LogP) is 5.44. The van der Waals surface area contributed by atoms with E-state index >= 15 is 0 Å². The molecule has 0 saturated carbocycles. The molecule has 0 unspecified atom stereocenters. The van der Waals surface area contributed by atoms with E-state index in [-0.39, 0.29) is 0 Å². The van der Waals surface area contributed by atoms with Gasteiger partial charge in [0, 0.05) is 5.56 Å². The summed E-state index contributed by atoms with van der Waals surface area (Å²) in [5, 5.41) is 0. The number of hydrogen-bond donors (Lipinski definition) is 0. The third-order valence-corrected chi connectivity index (χ3v) is 3.71. The lowest BCUT2D eigenvalue weighted by Crippen LogP contribution is -1.96. The van der Waals surface area contributed by atoms with Crippen LogP contribution in [0.1, 0.15) is 16.7 Å². The van der Waals surface area contributed by atoms with E-state index < -0.39 is 0 Å². The van der Waals surface area contributed by atoms with Gasteiger partial charge in [0.15, 0.2) is 0 Å². The van der Waals surface area contributed by atoms with Crippen LogP contribution in [0.4, 0.5) is 0 Å². The highest BCUT2D eigenvalue weighted by Gasteiger charge is 2.01. The van der Waals surface area contributed by atoms with Crippen molar-refractivity contribution < 1.29 is 9.47 Å². The highest BCUT2D eigenvalue weighted by molar-refractivity contribution is 5.73. The van der Waals surface area contributed by atoms with Crippen LogP contribution in [0.15, 0.2) is 78.9 Å². The molecule has 0 heterocycles. The Morgan fingerprint density at radius 2 is 1.58 bits per heavy atom. The number of rotatable bonds is 6. The molecule has 0 atom stereocenters. The lowest BCUT2D eigenvalue weighted by molar-refractivity contribution is 0.305. The minimum Gasteiger partial charge on any atom is -0.497 e. The maximum Gasteiger partial charge on any atom is 0.127 e. The van der Waals surface area contributed by atoms with E-state index in [0.29, 0.717) is 6.61 Å². The van der Waals surface area contributed by atoms with Crippen LogP contribution in [0.3, 0.4) is 0 Å². The molecule has 0 spiro atoms. The molecule has 0 aromatic heterocycles. The summed E-state index contributed by atoms with van der Waals surface area (Å²) in [5.41, 5.74) is 3.30. The van der Waals surface area contributed by atoms with Crippen LogP contribution in [0.25, 0.3) is 12.2 Å². The van der Waals surface area contributed by atoms with Gasteiger partial charge in [0.1, 0.15) is 18.1 Å². The second kappa shape index (κ2) is 8.02. The van der Waals surface area contributed by atoms with Gasteiger partial charge in [0.05, 0.1) is 7.11 Å². The van der Waals surface area contributed by atoms with Gasteiger partial charge < -0.3 is 9.47 Å². The summed E-state index contributed by atoms with van der Waals surface area (Å²) in [5.74, 6) is 1.73. The predicted molar refractivity (Wildman–Crippen MR) is 99.1 cm³/mol. The van der Waals surface area contributed by atoms with Gasteiger partial charge in [0.2, 0.25) is 0 Å². The van der Waals surface area contributed by atoms with Crippen LogP contribution in [-0.4, -0.2) is 7.11 Å². The van der Waals surface area contributed by atoms with Crippen molar-refractivity contribution in [3.05, 3.63) is 95.6 Å². The van der Waals surface area contributed by atoms with Gasteiger partial charge in [-0.25, -0.2) is 0 Å². The molecule has 2 heteroatoms. The first-order valence-corrected chi connectivity index (χ1v) is 7.93. The van der Waals surface area contributed by atoms with E-state index in [4.69, 9.17) is 9.47 Å². The van der Waals surface area contributed by atoms with Crippen molar-refractivity contribution in [2.75, 3.05) is 7.11 Å². The first-order valence-electron chi connectivity index (χ1n) is 7.93. The molecule has 24 heavy (non-hydrogen) atoms. The molecule has 0 bridgehead atoms. The van der Waals surface area contributed by atoms with Gasteiger partial charge in [-0.2, -0.15) is 0 Å². The van der Waals surface area contributed by atoms with Gasteiger partial charge >= 0.3 is 0 Å². The van der Waals surface area contributed by atoms with E-state index in [1.54, 1.807) is 7.11 Å². The Morgan fingerprint density at radius 1 is 0.792 bits per heavy atom. The molecule has 3 aromatic carbocycles. The lowest BCUT2D eigenvalue weighted by atomic mass is 10.1. The van der Waals surface area contributed by atoms with E-state index in [1.165, 1.54) is 0 Å². The third kappa shape index (κ3) is 4.26. The standard InChI is InChI=1S/C22H20O2/c1-23-21-12-7-10-18(16-21)14-15-20-11-5-6-13-22(20)24-17-19-8-3-2-4-9-19/h2-16H,17H2,1H3.